The first-order chi connectivity index (χ1) is 9.63. The lowest BCUT2D eigenvalue weighted by atomic mass is 10.1. The fourth-order valence-corrected chi connectivity index (χ4v) is 3.62. The third-order valence-corrected chi connectivity index (χ3v) is 5.11. The van der Waals surface area contributed by atoms with Gasteiger partial charge >= 0.3 is 0 Å². The van der Waals surface area contributed by atoms with Gasteiger partial charge in [0.15, 0.2) is 0 Å². The first kappa shape index (κ1) is 14.0. The number of nitrogens with zero attached hydrogens (tertiary/aromatic N) is 1. The Hall–Kier alpha value is -0.970. The Morgan fingerprint density at radius 2 is 2.05 bits per heavy atom. The van der Waals surface area contributed by atoms with Crippen molar-refractivity contribution in [3.8, 4) is 0 Å². The molecule has 102 valence electrons. The molecule has 0 saturated heterocycles. The van der Waals surface area contributed by atoms with Gasteiger partial charge in [-0.25, -0.2) is 9.37 Å². The molecule has 0 aliphatic heterocycles. The second-order valence-corrected chi connectivity index (χ2v) is 6.92. The number of hydrogen-bond acceptors (Lipinski definition) is 2. The van der Waals surface area contributed by atoms with Crippen LogP contribution in [0.4, 0.5) is 4.39 Å². The molecule has 0 aliphatic carbocycles. The molecule has 20 heavy (non-hydrogen) atoms. The van der Waals surface area contributed by atoms with E-state index in [1.54, 1.807) is 17.4 Å². The summed E-state index contributed by atoms with van der Waals surface area (Å²) < 4.78 is 15.1. The first-order valence-electron chi connectivity index (χ1n) is 6.07. The lowest BCUT2D eigenvalue weighted by Crippen LogP contribution is -1.96. The molecule has 3 aromatic rings. The van der Waals surface area contributed by atoms with Gasteiger partial charge in [0.2, 0.25) is 0 Å². The summed E-state index contributed by atoms with van der Waals surface area (Å²) in [5.74, 6) is -0.294. The summed E-state index contributed by atoms with van der Waals surface area (Å²) >= 11 is 11.1. The largest absolute Gasteiger partial charge is 0.241 e. The van der Waals surface area contributed by atoms with Crippen molar-refractivity contribution in [1.29, 1.82) is 0 Å². The highest BCUT2D eigenvalue weighted by atomic mass is 79.9. The predicted molar refractivity (Wildman–Crippen MR) is 86.0 cm³/mol. The summed E-state index contributed by atoms with van der Waals surface area (Å²) in [6.45, 7) is 0. The Morgan fingerprint density at radius 3 is 2.80 bits per heavy atom. The number of hydrogen-bond donors (Lipinski definition) is 0. The molecule has 1 heterocycles. The van der Waals surface area contributed by atoms with E-state index in [9.17, 15) is 4.39 Å². The summed E-state index contributed by atoms with van der Waals surface area (Å²) in [5, 5.41) is 0.688. The van der Waals surface area contributed by atoms with Crippen LogP contribution in [0.2, 0.25) is 0 Å². The van der Waals surface area contributed by atoms with Gasteiger partial charge in [-0.3, -0.25) is 0 Å². The van der Waals surface area contributed by atoms with E-state index in [0.717, 1.165) is 20.8 Å². The number of rotatable bonds is 3. The molecule has 0 radical (unpaired) electrons. The molecule has 0 fully saturated rings. The zero-order valence-electron chi connectivity index (χ0n) is 10.3. The lowest BCUT2D eigenvalue weighted by Gasteiger charge is -2.08. The average molecular weight is 371 g/mol. The fourth-order valence-electron chi connectivity index (χ4n) is 1.99. The van der Waals surface area contributed by atoms with Crippen molar-refractivity contribution in [1.82, 2.24) is 4.98 Å². The van der Waals surface area contributed by atoms with Crippen molar-refractivity contribution >= 4 is 49.1 Å². The highest BCUT2D eigenvalue weighted by molar-refractivity contribution is 9.10. The van der Waals surface area contributed by atoms with E-state index in [2.05, 4.69) is 20.9 Å². The van der Waals surface area contributed by atoms with Crippen molar-refractivity contribution in [2.45, 2.75) is 11.8 Å². The highest BCUT2D eigenvalue weighted by Gasteiger charge is 2.14. The van der Waals surface area contributed by atoms with Gasteiger partial charge in [-0.1, -0.05) is 18.2 Å². The van der Waals surface area contributed by atoms with Crippen LogP contribution in [-0.2, 0) is 6.42 Å². The first-order valence-corrected chi connectivity index (χ1v) is 8.11. The number of thiazole rings is 1. The predicted octanol–water partition coefficient (Wildman–Crippen LogP) is 5.72. The van der Waals surface area contributed by atoms with Crippen LogP contribution in [0.3, 0.4) is 0 Å². The Morgan fingerprint density at radius 1 is 1.25 bits per heavy atom. The van der Waals surface area contributed by atoms with Gasteiger partial charge in [0.25, 0.3) is 0 Å². The average Bonchev–Trinajstić information content (AvgIpc) is 2.83. The fraction of sp³-hybridized carbons (Fsp3) is 0.133. The number of fused-ring (bicyclic) bond motifs is 1. The van der Waals surface area contributed by atoms with E-state index < -0.39 is 0 Å². The SMILES string of the molecule is Fc1cc(C(Cl)Cc2nc3ccccc3s2)ccc1Br. The van der Waals surface area contributed by atoms with Gasteiger partial charge in [-0.15, -0.1) is 22.9 Å². The molecule has 0 amide bonds. The van der Waals surface area contributed by atoms with E-state index in [-0.39, 0.29) is 11.2 Å². The van der Waals surface area contributed by atoms with E-state index in [1.807, 2.05) is 30.3 Å². The van der Waals surface area contributed by atoms with Crippen LogP contribution in [-0.4, -0.2) is 4.98 Å². The number of para-hydroxylation sites is 1. The minimum absolute atomic E-state index is 0.279. The summed E-state index contributed by atoms with van der Waals surface area (Å²) in [6.07, 6.45) is 0.599. The van der Waals surface area contributed by atoms with Gasteiger partial charge in [0.1, 0.15) is 5.82 Å². The zero-order valence-corrected chi connectivity index (χ0v) is 13.5. The minimum atomic E-state index is -0.294. The van der Waals surface area contributed by atoms with Crippen LogP contribution in [0.1, 0.15) is 15.9 Å². The molecular formula is C15H10BrClFNS. The van der Waals surface area contributed by atoms with Crippen LogP contribution in [0, 0.1) is 5.82 Å². The van der Waals surface area contributed by atoms with Crippen LogP contribution in [0.5, 0.6) is 0 Å². The Labute approximate surface area is 133 Å². The second kappa shape index (κ2) is 5.80. The zero-order chi connectivity index (χ0) is 14.1. The van der Waals surface area contributed by atoms with Crippen molar-refractivity contribution in [2.75, 3.05) is 0 Å². The quantitative estimate of drug-likeness (QED) is 0.537. The van der Waals surface area contributed by atoms with E-state index in [0.29, 0.717) is 10.9 Å². The van der Waals surface area contributed by atoms with Gasteiger partial charge < -0.3 is 0 Å². The van der Waals surface area contributed by atoms with Crippen molar-refractivity contribution in [3.05, 3.63) is 63.3 Å². The molecular weight excluding hydrogens is 361 g/mol. The molecule has 0 spiro atoms. The summed E-state index contributed by atoms with van der Waals surface area (Å²) in [5.41, 5.74) is 1.75. The number of benzene rings is 2. The van der Waals surface area contributed by atoms with Gasteiger partial charge in [-0.2, -0.15) is 0 Å². The molecule has 5 heteroatoms. The van der Waals surface area contributed by atoms with E-state index in [1.165, 1.54) is 6.07 Å². The normalized spacial score (nSPS) is 12.8. The van der Waals surface area contributed by atoms with Crippen molar-refractivity contribution in [2.24, 2.45) is 0 Å². The number of halogens is 3. The van der Waals surface area contributed by atoms with Gasteiger partial charge in [0.05, 0.1) is 25.1 Å². The van der Waals surface area contributed by atoms with Crippen LogP contribution in [0.15, 0.2) is 46.9 Å². The van der Waals surface area contributed by atoms with Crippen molar-refractivity contribution in [3.63, 3.8) is 0 Å². The molecule has 2 aromatic carbocycles. The minimum Gasteiger partial charge on any atom is -0.241 e. The standard InChI is InChI=1S/C15H10BrClFNS/c16-10-6-5-9(7-12(10)18)11(17)8-15-19-13-3-1-2-4-14(13)20-15/h1-7,11H,8H2. The van der Waals surface area contributed by atoms with Crippen LogP contribution >= 0.6 is 38.9 Å². The Kier molecular flexibility index (Phi) is 4.06. The van der Waals surface area contributed by atoms with Gasteiger partial charge in [0, 0.05) is 6.42 Å². The number of alkyl halides is 1. The molecule has 1 unspecified atom stereocenters. The summed E-state index contributed by atoms with van der Waals surface area (Å²) in [6, 6.07) is 13.0. The topological polar surface area (TPSA) is 12.9 Å². The summed E-state index contributed by atoms with van der Waals surface area (Å²) in [7, 11) is 0. The molecule has 0 saturated carbocycles. The molecule has 0 aliphatic rings. The van der Waals surface area contributed by atoms with E-state index >= 15 is 0 Å². The number of aromatic nitrogens is 1. The molecule has 1 aromatic heterocycles. The van der Waals surface area contributed by atoms with Crippen LogP contribution < -0.4 is 0 Å². The molecule has 1 atom stereocenters. The smallest absolute Gasteiger partial charge is 0.137 e. The monoisotopic (exact) mass is 369 g/mol. The molecule has 3 rings (SSSR count). The maximum absolute atomic E-state index is 13.5. The third kappa shape index (κ3) is 2.87. The Bertz CT molecular complexity index is 725. The maximum Gasteiger partial charge on any atom is 0.137 e. The highest BCUT2D eigenvalue weighted by Crippen LogP contribution is 2.31. The lowest BCUT2D eigenvalue weighted by molar-refractivity contribution is 0.618. The maximum atomic E-state index is 13.5. The molecule has 1 nitrogen and oxygen atoms in total. The molecule has 0 bridgehead atoms. The Balaban J connectivity index is 1.84. The van der Waals surface area contributed by atoms with Crippen LogP contribution in [0.25, 0.3) is 10.2 Å². The molecule has 0 N–H and O–H groups in total. The second-order valence-electron chi connectivity index (χ2n) is 4.42. The third-order valence-electron chi connectivity index (χ3n) is 3.00. The van der Waals surface area contributed by atoms with Gasteiger partial charge in [-0.05, 0) is 45.8 Å². The van der Waals surface area contributed by atoms with E-state index in [4.69, 9.17) is 11.6 Å². The van der Waals surface area contributed by atoms with Crippen molar-refractivity contribution < 1.29 is 4.39 Å². The summed E-state index contributed by atoms with van der Waals surface area (Å²) in [4.78, 5) is 4.55.